The summed E-state index contributed by atoms with van der Waals surface area (Å²) >= 11 is 0. The highest BCUT2D eigenvalue weighted by atomic mass is 16.5. The van der Waals surface area contributed by atoms with Gasteiger partial charge in [-0.2, -0.15) is 0 Å². The highest BCUT2D eigenvalue weighted by Crippen LogP contribution is 2.32. The van der Waals surface area contributed by atoms with Gasteiger partial charge in [-0.25, -0.2) is 0 Å². The van der Waals surface area contributed by atoms with Crippen molar-refractivity contribution >= 4 is 5.91 Å². The molecule has 86 valence electrons. The smallest absolute Gasteiger partial charge is 0.240 e. The standard InChI is InChI=1S/C12H16N2O2/c1-16-10-4-2-3-9(7-10)8-14-11(15)12(13)5-6-12/h2-4,7H,5-6,8,13H2,1H3,(H,14,15). The van der Waals surface area contributed by atoms with E-state index < -0.39 is 5.54 Å². The summed E-state index contributed by atoms with van der Waals surface area (Å²) in [6, 6.07) is 7.61. The lowest BCUT2D eigenvalue weighted by molar-refractivity contribution is -0.123. The molecule has 1 saturated carbocycles. The average molecular weight is 220 g/mol. The van der Waals surface area contributed by atoms with Gasteiger partial charge in [-0.1, -0.05) is 12.1 Å². The van der Waals surface area contributed by atoms with Crippen molar-refractivity contribution in [1.82, 2.24) is 5.32 Å². The van der Waals surface area contributed by atoms with Crippen molar-refractivity contribution < 1.29 is 9.53 Å². The molecule has 3 N–H and O–H groups in total. The molecule has 0 aliphatic heterocycles. The summed E-state index contributed by atoms with van der Waals surface area (Å²) in [4.78, 5) is 11.6. The summed E-state index contributed by atoms with van der Waals surface area (Å²) in [6.07, 6.45) is 1.58. The number of hydrogen-bond acceptors (Lipinski definition) is 3. The molecule has 1 fully saturated rings. The first-order valence-corrected chi connectivity index (χ1v) is 5.34. The second kappa shape index (κ2) is 4.14. The van der Waals surface area contributed by atoms with Gasteiger partial charge in [-0.15, -0.1) is 0 Å². The molecule has 0 unspecified atom stereocenters. The van der Waals surface area contributed by atoms with Crippen LogP contribution in [0.5, 0.6) is 5.75 Å². The molecule has 4 heteroatoms. The van der Waals surface area contributed by atoms with Gasteiger partial charge >= 0.3 is 0 Å². The van der Waals surface area contributed by atoms with Crippen LogP contribution in [0, 0.1) is 0 Å². The zero-order valence-corrected chi connectivity index (χ0v) is 9.32. The Labute approximate surface area is 94.8 Å². The van der Waals surface area contributed by atoms with Crippen molar-refractivity contribution in [2.75, 3.05) is 7.11 Å². The largest absolute Gasteiger partial charge is 0.497 e. The summed E-state index contributed by atoms with van der Waals surface area (Å²) < 4.78 is 5.10. The van der Waals surface area contributed by atoms with Gasteiger partial charge in [0.1, 0.15) is 5.75 Å². The van der Waals surface area contributed by atoms with Crippen LogP contribution in [0.4, 0.5) is 0 Å². The summed E-state index contributed by atoms with van der Waals surface area (Å²) in [5, 5.41) is 2.83. The number of methoxy groups -OCH3 is 1. The van der Waals surface area contributed by atoms with Crippen LogP contribution in [0.1, 0.15) is 18.4 Å². The first-order valence-electron chi connectivity index (χ1n) is 5.34. The number of nitrogens with two attached hydrogens (primary N) is 1. The summed E-state index contributed by atoms with van der Waals surface area (Å²) in [6.45, 7) is 0.495. The monoisotopic (exact) mass is 220 g/mol. The Kier molecular flexibility index (Phi) is 2.83. The number of carbonyl (C=O) groups excluding carboxylic acids is 1. The van der Waals surface area contributed by atoms with Crippen molar-refractivity contribution in [2.24, 2.45) is 5.73 Å². The first kappa shape index (κ1) is 11.0. The Morgan fingerprint density at radius 1 is 1.56 bits per heavy atom. The third kappa shape index (κ3) is 2.33. The lowest BCUT2D eigenvalue weighted by Gasteiger charge is -2.10. The minimum absolute atomic E-state index is 0.0599. The summed E-state index contributed by atoms with van der Waals surface area (Å²) in [7, 11) is 1.62. The van der Waals surface area contributed by atoms with E-state index in [9.17, 15) is 4.79 Å². The van der Waals surface area contributed by atoms with E-state index in [-0.39, 0.29) is 5.91 Å². The van der Waals surface area contributed by atoms with E-state index in [1.807, 2.05) is 24.3 Å². The molecule has 0 heterocycles. The minimum Gasteiger partial charge on any atom is -0.497 e. The highest BCUT2D eigenvalue weighted by Gasteiger charge is 2.45. The van der Waals surface area contributed by atoms with Gasteiger partial charge in [0.05, 0.1) is 12.6 Å². The molecular weight excluding hydrogens is 204 g/mol. The molecule has 1 aliphatic carbocycles. The molecule has 16 heavy (non-hydrogen) atoms. The maximum Gasteiger partial charge on any atom is 0.240 e. The molecule has 1 aliphatic rings. The topological polar surface area (TPSA) is 64.3 Å². The van der Waals surface area contributed by atoms with Crippen LogP contribution < -0.4 is 15.8 Å². The molecule has 2 rings (SSSR count). The summed E-state index contributed by atoms with van der Waals surface area (Å²) in [5.74, 6) is 0.732. The SMILES string of the molecule is COc1cccc(CNC(=O)C2(N)CC2)c1. The molecule has 1 amide bonds. The predicted octanol–water partition coefficient (Wildman–Crippen LogP) is 0.803. The Hall–Kier alpha value is -1.55. The third-order valence-corrected chi connectivity index (χ3v) is 2.83. The first-order chi connectivity index (χ1) is 7.64. The van der Waals surface area contributed by atoms with Gasteiger partial charge in [0, 0.05) is 6.54 Å². The molecule has 0 radical (unpaired) electrons. The number of hydrogen-bond donors (Lipinski definition) is 2. The minimum atomic E-state index is -0.598. The van der Waals surface area contributed by atoms with E-state index in [1.165, 1.54) is 0 Å². The number of carbonyl (C=O) groups is 1. The molecule has 1 aromatic rings. The lowest BCUT2D eigenvalue weighted by atomic mass is 10.2. The van der Waals surface area contributed by atoms with Gasteiger partial charge in [-0.05, 0) is 30.5 Å². The van der Waals surface area contributed by atoms with Gasteiger partial charge in [0.25, 0.3) is 0 Å². The van der Waals surface area contributed by atoms with Gasteiger partial charge in [-0.3, -0.25) is 4.79 Å². The van der Waals surface area contributed by atoms with Crippen LogP contribution in [0.2, 0.25) is 0 Å². The third-order valence-electron chi connectivity index (χ3n) is 2.83. The normalized spacial score (nSPS) is 16.6. The van der Waals surface area contributed by atoms with Crippen LogP contribution in [0.3, 0.4) is 0 Å². The molecule has 0 atom stereocenters. The van der Waals surface area contributed by atoms with Crippen LogP contribution >= 0.6 is 0 Å². The number of amides is 1. The highest BCUT2D eigenvalue weighted by molar-refractivity contribution is 5.88. The zero-order valence-electron chi connectivity index (χ0n) is 9.32. The van der Waals surface area contributed by atoms with Crippen molar-refractivity contribution in [3.63, 3.8) is 0 Å². The molecule has 4 nitrogen and oxygen atoms in total. The number of benzene rings is 1. The maximum absolute atomic E-state index is 11.6. The van der Waals surface area contributed by atoms with E-state index in [2.05, 4.69) is 5.32 Å². The fourth-order valence-electron chi connectivity index (χ4n) is 1.50. The van der Waals surface area contributed by atoms with Crippen molar-refractivity contribution in [3.8, 4) is 5.75 Å². The Morgan fingerprint density at radius 3 is 2.94 bits per heavy atom. The second-order valence-electron chi connectivity index (χ2n) is 4.19. The molecular formula is C12H16N2O2. The fourth-order valence-corrected chi connectivity index (χ4v) is 1.50. The quantitative estimate of drug-likeness (QED) is 0.789. The van der Waals surface area contributed by atoms with E-state index in [4.69, 9.17) is 10.5 Å². The molecule has 1 aromatic carbocycles. The van der Waals surface area contributed by atoms with E-state index in [0.717, 1.165) is 24.2 Å². The maximum atomic E-state index is 11.6. The van der Waals surface area contributed by atoms with Crippen molar-refractivity contribution in [3.05, 3.63) is 29.8 Å². The molecule has 0 spiro atoms. The van der Waals surface area contributed by atoms with Crippen LogP contribution in [-0.4, -0.2) is 18.6 Å². The number of nitrogens with one attached hydrogen (secondary N) is 1. The second-order valence-corrected chi connectivity index (χ2v) is 4.19. The number of rotatable bonds is 4. The van der Waals surface area contributed by atoms with Crippen LogP contribution in [-0.2, 0) is 11.3 Å². The van der Waals surface area contributed by atoms with E-state index in [0.29, 0.717) is 6.54 Å². The molecule has 0 bridgehead atoms. The van der Waals surface area contributed by atoms with Crippen LogP contribution in [0.15, 0.2) is 24.3 Å². The van der Waals surface area contributed by atoms with Gasteiger partial charge in [0.2, 0.25) is 5.91 Å². The number of ether oxygens (including phenoxy) is 1. The zero-order chi connectivity index (χ0) is 11.6. The van der Waals surface area contributed by atoms with Crippen molar-refractivity contribution in [2.45, 2.75) is 24.9 Å². The van der Waals surface area contributed by atoms with E-state index in [1.54, 1.807) is 7.11 Å². The fraction of sp³-hybridized carbons (Fsp3) is 0.417. The molecule has 0 saturated heterocycles. The Bertz CT molecular complexity index is 400. The van der Waals surface area contributed by atoms with Gasteiger partial charge in [0.15, 0.2) is 0 Å². The van der Waals surface area contributed by atoms with E-state index >= 15 is 0 Å². The average Bonchev–Trinajstić information content (AvgIpc) is 3.06. The summed E-state index contributed by atoms with van der Waals surface area (Å²) in [5.41, 5.74) is 6.19. The Morgan fingerprint density at radius 2 is 2.31 bits per heavy atom. The predicted molar refractivity (Wildman–Crippen MR) is 61.0 cm³/mol. The Balaban J connectivity index is 1.91. The lowest BCUT2D eigenvalue weighted by Crippen LogP contribution is -2.42. The van der Waals surface area contributed by atoms with Crippen molar-refractivity contribution in [1.29, 1.82) is 0 Å². The van der Waals surface area contributed by atoms with Crippen LogP contribution in [0.25, 0.3) is 0 Å². The van der Waals surface area contributed by atoms with Gasteiger partial charge < -0.3 is 15.8 Å². The molecule has 0 aromatic heterocycles.